The normalized spacial score (nSPS) is 21.5. The SMILES string of the molecule is CC(C)c1cc(C(=O)N2CCCC(c3noc(C4CC4)n3)C2)on1. The highest BCUT2D eigenvalue weighted by Gasteiger charge is 2.33. The first-order valence-corrected chi connectivity index (χ1v) is 8.71. The van der Waals surface area contributed by atoms with Gasteiger partial charge in [0, 0.05) is 31.0 Å². The Morgan fingerprint density at radius 1 is 1.21 bits per heavy atom. The molecule has 7 heteroatoms. The van der Waals surface area contributed by atoms with Crippen LogP contribution in [0.3, 0.4) is 0 Å². The molecule has 128 valence electrons. The van der Waals surface area contributed by atoms with E-state index in [0.29, 0.717) is 18.2 Å². The van der Waals surface area contributed by atoms with Gasteiger partial charge in [0.25, 0.3) is 5.91 Å². The fourth-order valence-corrected chi connectivity index (χ4v) is 3.10. The third kappa shape index (κ3) is 2.95. The Kier molecular flexibility index (Phi) is 3.86. The van der Waals surface area contributed by atoms with Crippen molar-refractivity contribution < 1.29 is 13.8 Å². The first-order chi connectivity index (χ1) is 11.6. The van der Waals surface area contributed by atoms with Crippen LogP contribution >= 0.6 is 0 Å². The number of rotatable bonds is 4. The molecule has 2 aromatic heterocycles. The van der Waals surface area contributed by atoms with E-state index >= 15 is 0 Å². The van der Waals surface area contributed by atoms with Crippen molar-refractivity contribution in [2.75, 3.05) is 13.1 Å². The zero-order chi connectivity index (χ0) is 16.7. The number of amides is 1. The lowest BCUT2D eigenvalue weighted by Crippen LogP contribution is -2.39. The number of likely N-dealkylation sites (tertiary alicyclic amines) is 1. The highest BCUT2D eigenvalue weighted by Crippen LogP contribution is 2.39. The molecule has 2 aromatic rings. The van der Waals surface area contributed by atoms with Crippen molar-refractivity contribution in [3.05, 3.63) is 29.2 Å². The second-order valence-electron chi connectivity index (χ2n) is 7.13. The Bertz CT molecular complexity index is 732. The first kappa shape index (κ1) is 15.4. The van der Waals surface area contributed by atoms with Gasteiger partial charge in [-0.05, 0) is 31.6 Å². The summed E-state index contributed by atoms with van der Waals surface area (Å²) in [6.07, 6.45) is 4.18. The summed E-state index contributed by atoms with van der Waals surface area (Å²) in [5.41, 5.74) is 0.805. The molecule has 4 rings (SSSR count). The van der Waals surface area contributed by atoms with Crippen molar-refractivity contribution in [3.63, 3.8) is 0 Å². The molecular formula is C17H22N4O3. The summed E-state index contributed by atoms with van der Waals surface area (Å²) in [6.45, 7) is 5.37. The summed E-state index contributed by atoms with van der Waals surface area (Å²) in [4.78, 5) is 19.0. The standard InChI is InChI=1S/C17H22N4O3/c1-10(2)13-8-14(23-19-13)17(22)21-7-3-4-12(9-21)15-18-16(24-20-15)11-5-6-11/h8,10-12H,3-7,9H2,1-2H3. The number of carbonyl (C=O) groups excluding carboxylic acids is 1. The number of nitrogens with zero attached hydrogens (tertiary/aromatic N) is 4. The summed E-state index contributed by atoms with van der Waals surface area (Å²) in [6, 6.07) is 1.75. The predicted octanol–water partition coefficient (Wildman–Crippen LogP) is 3.08. The maximum atomic E-state index is 12.7. The number of carbonyl (C=O) groups is 1. The van der Waals surface area contributed by atoms with Crippen LogP contribution in [0.4, 0.5) is 0 Å². The van der Waals surface area contributed by atoms with Gasteiger partial charge in [0.05, 0.1) is 5.69 Å². The molecule has 0 spiro atoms. The molecule has 1 saturated heterocycles. The van der Waals surface area contributed by atoms with Gasteiger partial charge in [-0.1, -0.05) is 24.2 Å². The molecule has 2 fully saturated rings. The average molecular weight is 330 g/mol. The molecular weight excluding hydrogens is 308 g/mol. The molecule has 1 saturated carbocycles. The number of hydrogen-bond donors (Lipinski definition) is 0. The second kappa shape index (κ2) is 6.03. The van der Waals surface area contributed by atoms with Crippen molar-refractivity contribution in [2.24, 2.45) is 0 Å². The maximum Gasteiger partial charge on any atom is 0.292 e. The molecule has 24 heavy (non-hydrogen) atoms. The summed E-state index contributed by atoms with van der Waals surface area (Å²) >= 11 is 0. The Labute approximate surface area is 140 Å². The number of piperidine rings is 1. The van der Waals surface area contributed by atoms with E-state index in [-0.39, 0.29) is 17.7 Å². The Morgan fingerprint density at radius 3 is 2.75 bits per heavy atom. The quantitative estimate of drug-likeness (QED) is 0.856. The van der Waals surface area contributed by atoms with Gasteiger partial charge in [0.1, 0.15) is 0 Å². The van der Waals surface area contributed by atoms with Gasteiger partial charge in [0.15, 0.2) is 5.82 Å². The van der Waals surface area contributed by atoms with E-state index < -0.39 is 0 Å². The zero-order valence-electron chi connectivity index (χ0n) is 14.1. The average Bonchev–Trinajstić information content (AvgIpc) is 3.13. The number of aromatic nitrogens is 3. The Hall–Kier alpha value is -2.18. The van der Waals surface area contributed by atoms with Crippen LogP contribution in [0.2, 0.25) is 0 Å². The van der Waals surface area contributed by atoms with Gasteiger partial charge in [-0.25, -0.2) is 0 Å². The largest absolute Gasteiger partial charge is 0.351 e. The van der Waals surface area contributed by atoms with Gasteiger partial charge in [-0.2, -0.15) is 4.98 Å². The molecule has 1 aliphatic heterocycles. The minimum atomic E-state index is -0.106. The summed E-state index contributed by atoms with van der Waals surface area (Å²) in [5.74, 6) is 2.52. The van der Waals surface area contributed by atoms with Crippen molar-refractivity contribution in [1.29, 1.82) is 0 Å². The van der Waals surface area contributed by atoms with Crippen LogP contribution in [0.25, 0.3) is 0 Å². The van der Waals surface area contributed by atoms with Gasteiger partial charge >= 0.3 is 0 Å². The molecule has 0 bridgehead atoms. The van der Waals surface area contributed by atoms with E-state index in [1.807, 2.05) is 18.7 Å². The highest BCUT2D eigenvalue weighted by molar-refractivity contribution is 5.91. The topological polar surface area (TPSA) is 85.3 Å². The van der Waals surface area contributed by atoms with Crippen LogP contribution in [0.1, 0.15) is 85.2 Å². The molecule has 2 aliphatic rings. The summed E-state index contributed by atoms with van der Waals surface area (Å²) < 4.78 is 10.6. The van der Waals surface area contributed by atoms with Gasteiger partial charge < -0.3 is 13.9 Å². The Morgan fingerprint density at radius 2 is 2.04 bits per heavy atom. The minimum Gasteiger partial charge on any atom is -0.351 e. The van der Waals surface area contributed by atoms with E-state index in [9.17, 15) is 4.79 Å². The lowest BCUT2D eigenvalue weighted by molar-refractivity contribution is 0.0661. The van der Waals surface area contributed by atoms with Gasteiger partial charge in [0.2, 0.25) is 11.7 Å². The maximum absolute atomic E-state index is 12.7. The second-order valence-corrected chi connectivity index (χ2v) is 7.13. The highest BCUT2D eigenvalue weighted by atomic mass is 16.5. The minimum absolute atomic E-state index is 0.106. The predicted molar refractivity (Wildman–Crippen MR) is 84.7 cm³/mol. The fourth-order valence-electron chi connectivity index (χ4n) is 3.10. The van der Waals surface area contributed by atoms with Crippen molar-refractivity contribution in [3.8, 4) is 0 Å². The molecule has 0 radical (unpaired) electrons. The first-order valence-electron chi connectivity index (χ1n) is 8.71. The van der Waals surface area contributed by atoms with E-state index in [1.54, 1.807) is 6.07 Å². The molecule has 0 aromatic carbocycles. The van der Waals surface area contributed by atoms with Crippen LogP contribution in [-0.2, 0) is 0 Å². The Balaban J connectivity index is 1.45. The van der Waals surface area contributed by atoms with E-state index in [0.717, 1.165) is 49.6 Å². The van der Waals surface area contributed by atoms with Crippen LogP contribution in [-0.4, -0.2) is 39.2 Å². The fraction of sp³-hybridized carbons (Fsp3) is 0.647. The number of hydrogen-bond acceptors (Lipinski definition) is 6. The van der Waals surface area contributed by atoms with Crippen LogP contribution < -0.4 is 0 Å². The van der Waals surface area contributed by atoms with Crippen LogP contribution in [0.15, 0.2) is 15.1 Å². The van der Waals surface area contributed by atoms with Crippen molar-refractivity contribution >= 4 is 5.91 Å². The third-order valence-corrected chi connectivity index (χ3v) is 4.79. The van der Waals surface area contributed by atoms with Crippen LogP contribution in [0, 0.1) is 0 Å². The molecule has 0 N–H and O–H groups in total. The summed E-state index contributed by atoms with van der Waals surface area (Å²) in [5, 5.41) is 8.11. The van der Waals surface area contributed by atoms with Crippen molar-refractivity contribution in [2.45, 2.75) is 57.3 Å². The lowest BCUT2D eigenvalue weighted by atomic mass is 9.97. The van der Waals surface area contributed by atoms with Gasteiger partial charge in [-0.3, -0.25) is 4.79 Å². The monoisotopic (exact) mass is 330 g/mol. The third-order valence-electron chi connectivity index (χ3n) is 4.79. The molecule has 3 heterocycles. The van der Waals surface area contributed by atoms with Crippen LogP contribution in [0.5, 0.6) is 0 Å². The zero-order valence-corrected chi connectivity index (χ0v) is 14.1. The summed E-state index contributed by atoms with van der Waals surface area (Å²) in [7, 11) is 0. The smallest absolute Gasteiger partial charge is 0.292 e. The van der Waals surface area contributed by atoms with Gasteiger partial charge in [-0.15, -0.1) is 0 Å². The molecule has 7 nitrogen and oxygen atoms in total. The van der Waals surface area contributed by atoms with Crippen molar-refractivity contribution in [1.82, 2.24) is 20.2 Å². The van der Waals surface area contributed by atoms with E-state index in [4.69, 9.17) is 9.05 Å². The molecule has 1 unspecified atom stereocenters. The lowest BCUT2D eigenvalue weighted by Gasteiger charge is -2.30. The van der Waals surface area contributed by atoms with E-state index in [1.165, 1.54) is 0 Å². The van der Waals surface area contributed by atoms with E-state index in [2.05, 4.69) is 15.3 Å². The molecule has 1 atom stereocenters. The molecule has 1 aliphatic carbocycles. The molecule has 1 amide bonds.